The van der Waals surface area contributed by atoms with Crippen LogP contribution in [0.4, 0.5) is 11.4 Å². The molecule has 3 aromatic rings. The zero-order chi connectivity index (χ0) is 21.1. The fourth-order valence-corrected chi connectivity index (χ4v) is 3.75. The van der Waals surface area contributed by atoms with Crippen LogP contribution in [-0.4, -0.2) is 23.2 Å². The Balaban J connectivity index is 2.02. The van der Waals surface area contributed by atoms with E-state index in [1.807, 2.05) is 32.9 Å². The maximum absolute atomic E-state index is 13.1. The molecule has 0 unspecified atom stereocenters. The number of aromatic nitrogens is 3. The predicted octanol–water partition coefficient (Wildman–Crippen LogP) is 2.81. The van der Waals surface area contributed by atoms with Gasteiger partial charge in [0, 0.05) is 18.9 Å². The summed E-state index contributed by atoms with van der Waals surface area (Å²) in [5.41, 5.74) is 0.00134. The Morgan fingerprint density at radius 1 is 1.03 bits per heavy atom. The van der Waals surface area contributed by atoms with E-state index in [4.69, 9.17) is 0 Å². The number of pyridine rings is 1. The molecule has 0 fully saturated rings. The number of hydrogen-bond donors (Lipinski definition) is 2. The van der Waals surface area contributed by atoms with Crippen LogP contribution in [0.15, 0.2) is 70.7 Å². The summed E-state index contributed by atoms with van der Waals surface area (Å²) in [6.45, 7) is 5.84. The third-order valence-corrected chi connectivity index (χ3v) is 5.50. The fourth-order valence-electron chi connectivity index (χ4n) is 2.65. The van der Waals surface area contributed by atoms with E-state index in [0.29, 0.717) is 12.2 Å². The molecule has 152 valence electrons. The van der Waals surface area contributed by atoms with Crippen molar-refractivity contribution in [3.05, 3.63) is 77.0 Å². The van der Waals surface area contributed by atoms with Crippen molar-refractivity contribution in [2.75, 3.05) is 10.0 Å². The van der Waals surface area contributed by atoms with E-state index >= 15 is 0 Å². The average Bonchev–Trinajstić information content (AvgIpc) is 2.69. The standard InChI is InChI=1S/C20H23N5O3S/c1-20(2,3)25-19(26)18(24-29(27,28)16-7-5-4-6-8-16)17(14-23-25)22-13-15-9-11-21-12-10-15/h4-12,14,22,24H,13H2,1-3H3. The largest absolute Gasteiger partial charge is 0.378 e. The monoisotopic (exact) mass is 413 g/mol. The molecular formula is C20H23N5O3S. The first-order valence-electron chi connectivity index (χ1n) is 9.02. The van der Waals surface area contributed by atoms with E-state index in [1.54, 1.807) is 30.6 Å². The van der Waals surface area contributed by atoms with Crippen LogP contribution >= 0.6 is 0 Å². The third kappa shape index (κ3) is 4.80. The van der Waals surface area contributed by atoms with Crippen molar-refractivity contribution < 1.29 is 8.42 Å². The predicted molar refractivity (Wildman–Crippen MR) is 112 cm³/mol. The van der Waals surface area contributed by atoms with Gasteiger partial charge in [-0.15, -0.1) is 0 Å². The van der Waals surface area contributed by atoms with E-state index in [0.717, 1.165) is 5.56 Å². The molecule has 8 nitrogen and oxygen atoms in total. The lowest BCUT2D eigenvalue weighted by molar-refractivity contribution is 0.339. The topological polar surface area (TPSA) is 106 Å². The quantitative estimate of drug-likeness (QED) is 0.644. The molecule has 0 bridgehead atoms. The molecule has 0 aliphatic heterocycles. The Bertz CT molecular complexity index is 1140. The minimum Gasteiger partial charge on any atom is -0.378 e. The Morgan fingerprint density at radius 3 is 2.31 bits per heavy atom. The first-order valence-corrected chi connectivity index (χ1v) is 10.5. The van der Waals surface area contributed by atoms with Gasteiger partial charge in [0.1, 0.15) is 5.69 Å². The van der Waals surface area contributed by atoms with Gasteiger partial charge in [-0.05, 0) is 50.6 Å². The summed E-state index contributed by atoms with van der Waals surface area (Å²) in [7, 11) is -3.94. The Morgan fingerprint density at radius 2 is 1.69 bits per heavy atom. The summed E-state index contributed by atoms with van der Waals surface area (Å²) in [6, 6.07) is 11.6. The lowest BCUT2D eigenvalue weighted by Crippen LogP contribution is -2.38. The molecule has 0 spiro atoms. The van der Waals surface area contributed by atoms with Crippen molar-refractivity contribution >= 4 is 21.4 Å². The molecule has 2 aromatic heterocycles. The van der Waals surface area contributed by atoms with Gasteiger partial charge in [-0.2, -0.15) is 5.10 Å². The third-order valence-electron chi connectivity index (χ3n) is 4.14. The minimum atomic E-state index is -3.94. The smallest absolute Gasteiger partial charge is 0.293 e. The minimum absolute atomic E-state index is 0.0682. The number of sulfonamides is 1. The van der Waals surface area contributed by atoms with Gasteiger partial charge < -0.3 is 5.32 Å². The fraction of sp³-hybridized carbons (Fsp3) is 0.250. The van der Waals surface area contributed by atoms with Crippen molar-refractivity contribution in [3.63, 3.8) is 0 Å². The van der Waals surface area contributed by atoms with Crippen LogP contribution in [0.1, 0.15) is 26.3 Å². The van der Waals surface area contributed by atoms with Gasteiger partial charge in [-0.1, -0.05) is 18.2 Å². The summed E-state index contributed by atoms with van der Waals surface area (Å²) in [5.74, 6) is 0. The van der Waals surface area contributed by atoms with Crippen LogP contribution in [0.3, 0.4) is 0 Å². The summed E-state index contributed by atoms with van der Waals surface area (Å²) < 4.78 is 29.4. The molecule has 9 heteroatoms. The Kier molecular flexibility index (Phi) is 5.69. The van der Waals surface area contributed by atoms with E-state index in [9.17, 15) is 13.2 Å². The van der Waals surface area contributed by atoms with Crippen LogP contribution in [0, 0.1) is 0 Å². The number of nitrogens with zero attached hydrogens (tertiary/aromatic N) is 3. The lowest BCUT2D eigenvalue weighted by atomic mass is 10.1. The molecular weight excluding hydrogens is 390 g/mol. The van der Waals surface area contributed by atoms with Crippen molar-refractivity contribution in [3.8, 4) is 0 Å². The lowest BCUT2D eigenvalue weighted by Gasteiger charge is -2.23. The Labute approximate surface area is 169 Å². The van der Waals surface area contributed by atoms with E-state index in [2.05, 4.69) is 20.1 Å². The normalized spacial score (nSPS) is 11.8. The van der Waals surface area contributed by atoms with Gasteiger partial charge in [0.15, 0.2) is 0 Å². The molecule has 1 aromatic carbocycles. The molecule has 0 amide bonds. The highest BCUT2D eigenvalue weighted by Crippen LogP contribution is 2.22. The molecule has 29 heavy (non-hydrogen) atoms. The number of rotatable bonds is 6. The average molecular weight is 414 g/mol. The maximum atomic E-state index is 13.1. The molecule has 0 radical (unpaired) electrons. The highest BCUT2D eigenvalue weighted by Gasteiger charge is 2.24. The molecule has 3 rings (SSSR count). The van der Waals surface area contributed by atoms with Gasteiger partial charge in [-0.25, -0.2) is 13.1 Å². The zero-order valence-electron chi connectivity index (χ0n) is 16.5. The van der Waals surface area contributed by atoms with Crippen LogP contribution < -0.4 is 15.6 Å². The number of anilines is 2. The molecule has 2 N–H and O–H groups in total. The number of benzene rings is 1. The second-order valence-electron chi connectivity index (χ2n) is 7.45. The van der Waals surface area contributed by atoms with E-state index < -0.39 is 21.1 Å². The second kappa shape index (κ2) is 8.04. The summed E-state index contributed by atoms with van der Waals surface area (Å²) >= 11 is 0. The highest BCUT2D eigenvalue weighted by molar-refractivity contribution is 7.92. The van der Waals surface area contributed by atoms with Gasteiger partial charge in [0.05, 0.1) is 22.3 Å². The second-order valence-corrected chi connectivity index (χ2v) is 9.13. The van der Waals surface area contributed by atoms with Gasteiger partial charge in [0.25, 0.3) is 15.6 Å². The van der Waals surface area contributed by atoms with Gasteiger partial charge in [-0.3, -0.25) is 14.5 Å². The first kappa shape index (κ1) is 20.5. The van der Waals surface area contributed by atoms with Crippen molar-refractivity contribution in [2.45, 2.75) is 37.8 Å². The van der Waals surface area contributed by atoms with Crippen molar-refractivity contribution in [1.82, 2.24) is 14.8 Å². The Hall–Kier alpha value is -3.20. The molecule has 0 aliphatic carbocycles. The van der Waals surface area contributed by atoms with Crippen LogP contribution in [0.2, 0.25) is 0 Å². The zero-order valence-corrected chi connectivity index (χ0v) is 17.3. The van der Waals surface area contributed by atoms with Gasteiger partial charge in [0.2, 0.25) is 0 Å². The first-order chi connectivity index (χ1) is 13.7. The molecule has 0 saturated carbocycles. The number of nitrogens with one attached hydrogen (secondary N) is 2. The van der Waals surface area contributed by atoms with E-state index in [1.165, 1.54) is 23.0 Å². The summed E-state index contributed by atoms with van der Waals surface area (Å²) in [4.78, 5) is 17.1. The molecule has 0 aliphatic rings. The molecule has 2 heterocycles. The SMILES string of the molecule is CC(C)(C)n1ncc(NCc2ccncc2)c(NS(=O)(=O)c2ccccc2)c1=O. The van der Waals surface area contributed by atoms with Crippen LogP contribution in [0.5, 0.6) is 0 Å². The number of hydrogen-bond acceptors (Lipinski definition) is 6. The molecule has 0 saturated heterocycles. The summed E-state index contributed by atoms with van der Waals surface area (Å²) in [5, 5.41) is 7.31. The maximum Gasteiger partial charge on any atom is 0.293 e. The summed E-state index contributed by atoms with van der Waals surface area (Å²) in [6.07, 6.45) is 4.77. The van der Waals surface area contributed by atoms with Crippen LogP contribution in [0.25, 0.3) is 0 Å². The van der Waals surface area contributed by atoms with Crippen molar-refractivity contribution in [1.29, 1.82) is 0 Å². The van der Waals surface area contributed by atoms with Gasteiger partial charge >= 0.3 is 0 Å². The highest BCUT2D eigenvalue weighted by atomic mass is 32.2. The van der Waals surface area contributed by atoms with E-state index in [-0.39, 0.29) is 10.6 Å². The molecule has 0 atom stereocenters. The van der Waals surface area contributed by atoms with Crippen molar-refractivity contribution in [2.24, 2.45) is 0 Å². The van der Waals surface area contributed by atoms with Crippen LogP contribution in [-0.2, 0) is 22.1 Å².